The minimum Gasteiger partial charge on any atom is -0.304 e. The van der Waals surface area contributed by atoms with E-state index in [1.165, 1.54) is 28.8 Å². The highest BCUT2D eigenvalue weighted by Gasteiger charge is 2.14. The van der Waals surface area contributed by atoms with Gasteiger partial charge in [0.1, 0.15) is 11.6 Å². The lowest BCUT2D eigenvalue weighted by Gasteiger charge is -2.22. The van der Waals surface area contributed by atoms with Crippen molar-refractivity contribution in [3.63, 3.8) is 0 Å². The first-order valence-corrected chi connectivity index (χ1v) is 7.16. The van der Waals surface area contributed by atoms with Gasteiger partial charge < -0.3 is 5.32 Å². The van der Waals surface area contributed by atoms with Crippen molar-refractivity contribution in [1.29, 1.82) is 0 Å². The van der Waals surface area contributed by atoms with Crippen LogP contribution in [0.15, 0.2) is 36.4 Å². The van der Waals surface area contributed by atoms with Crippen LogP contribution in [0.25, 0.3) is 0 Å². The van der Waals surface area contributed by atoms with Crippen molar-refractivity contribution in [3.05, 3.63) is 70.3 Å². The minimum absolute atomic E-state index is 0.103. The number of hydrogen-bond donors (Lipinski definition) is 1. The van der Waals surface area contributed by atoms with E-state index < -0.39 is 11.6 Å². The largest absolute Gasteiger partial charge is 0.304 e. The maximum atomic E-state index is 13.3. The molecule has 2 aromatic rings. The summed E-state index contributed by atoms with van der Waals surface area (Å²) < 4.78 is 26.6. The Bertz CT molecular complexity index is 617. The van der Waals surface area contributed by atoms with Crippen LogP contribution in [0.2, 0.25) is 0 Å². The number of halogens is 2. The predicted molar refractivity (Wildman–Crippen MR) is 82.2 cm³/mol. The van der Waals surface area contributed by atoms with Gasteiger partial charge in [-0.3, -0.25) is 0 Å². The lowest BCUT2D eigenvalue weighted by Crippen LogP contribution is -2.23. The second kappa shape index (κ2) is 6.35. The molecule has 2 atom stereocenters. The highest BCUT2D eigenvalue weighted by atomic mass is 19.1. The fourth-order valence-electron chi connectivity index (χ4n) is 2.61. The minimum atomic E-state index is -0.543. The van der Waals surface area contributed by atoms with Gasteiger partial charge in [0.05, 0.1) is 0 Å². The fourth-order valence-corrected chi connectivity index (χ4v) is 2.61. The third-order valence-corrected chi connectivity index (χ3v) is 3.79. The van der Waals surface area contributed by atoms with Crippen LogP contribution >= 0.6 is 0 Å². The standard InChI is InChI=1S/C18H21F2N/c1-11-5-6-12(2)18(7-11)14(4)21-13(3)15-8-16(19)10-17(20)9-15/h5-10,13-14,21H,1-4H3. The number of rotatable bonds is 4. The molecular formula is C18H21F2N. The quantitative estimate of drug-likeness (QED) is 0.835. The Labute approximate surface area is 125 Å². The molecule has 0 amide bonds. The van der Waals surface area contributed by atoms with Crippen molar-refractivity contribution in [1.82, 2.24) is 5.32 Å². The molecule has 2 rings (SSSR count). The van der Waals surface area contributed by atoms with E-state index in [4.69, 9.17) is 0 Å². The maximum Gasteiger partial charge on any atom is 0.126 e. The van der Waals surface area contributed by atoms with Gasteiger partial charge in [-0.1, -0.05) is 23.8 Å². The van der Waals surface area contributed by atoms with Crippen molar-refractivity contribution in [2.24, 2.45) is 0 Å². The van der Waals surface area contributed by atoms with E-state index in [1.54, 1.807) is 0 Å². The predicted octanol–water partition coefficient (Wildman–Crippen LogP) is 4.99. The molecule has 0 bridgehead atoms. The lowest BCUT2D eigenvalue weighted by atomic mass is 9.98. The fraction of sp³-hybridized carbons (Fsp3) is 0.333. The maximum absolute atomic E-state index is 13.3. The molecule has 0 fully saturated rings. The summed E-state index contributed by atoms with van der Waals surface area (Å²) in [5, 5.41) is 3.40. The van der Waals surface area contributed by atoms with E-state index in [9.17, 15) is 8.78 Å². The van der Waals surface area contributed by atoms with E-state index in [0.29, 0.717) is 5.56 Å². The van der Waals surface area contributed by atoms with Crippen molar-refractivity contribution < 1.29 is 8.78 Å². The molecule has 0 spiro atoms. The summed E-state index contributed by atoms with van der Waals surface area (Å²) in [5.41, 5.74) is 4.23. The number of aryl methyl sites for hydroxylation is 2. The summed E-state index contributed by atoms with van der Waals surface area (Å²) in [4.78, 5) is 0. The Morgan fingerprint density at radius 3 is 2.10 bits per heavy atom. The molecule has 0 aliphatic heterocycles. The molecule has 0 heterocycles. The molecule has 3 heteroatoms. The first-order valence-electron chi connectivity index (χ1n) is 7.16. The molecule has 0 aromatic heterocycles. The van der Waals surface area contributed by atoms with Gasteiger partial charge in [-0.15, -0.1) is 0 Å². The molecule has 21 heavy (non-hydrogen) atoms. The smallest absolute Gasteiger partial charge is 0.126 e. The van der Waals surface area contributed by atoms with Gasteiger partial charge in [0.25, 0.3) is 0 Å². The molecule has 1 nitrogen and oxygen atoms in total. The SMILES string of the molecule is Cc1ccc(C)c(C(C)NC(C)c2cc(F)cc(F)c2)c1. The monoisotopic (exact) mass is 289 g/mol. The molecule has 2 unspecified atom stereocenters. The summed E-state index contributed by atoms with van der Waals surface area (Å²) in [5.74, 6) is -1.09. The molecule has 0 saturated carbocycles. The lowest BCUT2D eigenvalue weighted by molar-refractivity contribution is 0.486. The van der Waals surface area contributed by atoms with Gasteiger partial charge in [0.15, 0.2) is 0 Å². The van der Waals surface area contributed by atoms with Crippen LogP contribution in [0.3, 0.4) is 0 Å². The highest BCUT2D eigenvalue weighted by molar-refractivity contribution is 5.33. The van der Waals surface area contributed by atoms with Gasteiger partial charge >= 0.3 is 0 Å². The summed E-state index contributed by atoms with van der Waals surface area (Å²) in [7, 11) is 0. The third kappa shape index (κ3) is 3.88. The van der Waals surface area contributed by atoms with Crippen LogP contribution in [0.4, 0.5) is 8.78 Å². The van der Waals surface area contributed by atoms with Crippen LogP contribution in [0.5, 0.6) is 0 Å². The molecule has 112 valence electrons. The van der Waals surface area contributed by atoms with Gasteiger partial charge in [-0.25, -0.2) is 8.78 Å². The zero-order chi connectivity index (χ0) is 15.6. The number of hydrogen-bond acceptors (Lipinski definition) is 1. The van der Waals surface area contributed by atoms with Crippen LogP contribution in [0, 0.1) is 25.5 Å². The number of benzene rings is 2. The molecule has 0 saturated heterocycles. The first kappa shape index (κ1) is 15.6. The summed E-state index contributed by atoms with van der Waals surface area (Å²) in [6.07, 6.45) is 0. The van der Waals surface area contributed by atoms with E-state index in [2.05, 4.69) is 44.3 Å². The Kier molecular flexibility index (Phi) is 4.73. The molecule has 2 aromatic carbocycles. The van der Waals surface area contributed by atoms with E-state index in [1.807, 2.05) is 6.92 Å². The summed E-state index contributed by atoms with van der Waals surface area (Å²) >= 11 is 0. The van der Waals surface area contributed by atoms with E-state index >= 15 is 0 Å². The van der Waals surface area contributed by atoms with Crippen LogP contribution in [0.1, 0.15) is 48.2 Å². The topological polar surface area (TPSA) is 12.0 Å². The van der Waals surface area contributed by atoms with E-state index in [0.717, 1.165) is 6.07 Å². The molecular weight excluding hydrogens is 268 g/mol. The highest BCUT2D eigenvalue weighted by Crippen LogP contribution is 2.23. The van der Waals surface area contributed by atoms with Crippen LogP contribution < -0.4 is 5.32 Å². The van der Waals surface area contributed by atoms with Gasteiger partial charge in [-0.05, 0) is 56.5 Å². The summed E-state index contributed by atoms with van der Waals surface area (Å²) in [6, 6.07) is 9.92. The van der Waals surface area contributed by atoms with Crippen LogP contribution in [-0.2, 0) is 0 Å². The Morgan fingerprint density at radius 2 is 1.48 bits per heavy atom. The Balaban J connectivity index is 2.18. The Hall–Kier alpha value is -1.74. The number of nitrogens with one attached hydrogen (secondary N) is 1. The van der Waals surface area contributed by atoms with Gasteiger partial charge in [0.2, 0.25) is 0 Å². The van der Waals surface area contributed by atoms with Crippen molar-refractivity contribution in [2.75, 3.05) is 0 Å². The molecule has 0 radical (unpaired) electrons. The second-order valence-corrected chi connectivity index (χ2v) is 5.67. The average molecular weight is 289 g/mol. The first-order chi connectivity index (χ1) is 9.86. The van der Waals surface area contributed by atoms with Gasteiger partial charge in [0, 0.05) is 18.2 Å². The normalized spacial score (nSPS) is 14.0. The zero-order valence-corrected chi connectivity index (χ0v) is 12.9. The Morgan fingerprint density at radius 1 is 0.857 bits per heavy atom. The van der Waals surface area contributed by atoms with Crippen molar-refractivity contribution >= 4 is 0 Å². The molecule has 0 aliphatic rings. The summed E-state index contributed by atoms with van der Waals surface area (Å²) in [6.45, 7) is 8.10. The third-order valence-electron chi connectivity index (χ3n) is 3.79. The van der Waals surface area contributed by atoms with Gasteiger partial charge in [-0.2, -0.15) is 0 Å². The van der Waals surface area contributed by atoms with Crippen LogP contribution in [-0.4, -0.2) is 0 Å². The van der Waals surface area contributed by atoms with E-state index in [-0.39, 0.29) is 12.1 Å². The second-order valence-electron chi connectivity index (χ2n) is 5.67. The van der Waals surface area contributed by atoms with Crippen molar-refractivity contribution in [2.45, 2.75) is 39.8 Å². The van der Waals surface area contributed by atoms with Crippen molar-refractivity contribution in [3.8, 4) is 0 Å². The average Bonchev–Trinajstić information content (AvgIpc) is 2.40. The molecule has 1 N–H and O–H groups in total. The zero-order valence-electron chi connectivity index (χ0n) is 12.9. The molecule has 0 aliphatic carbocycles.